The molecule has 3 rings (SSSR count). The fraction of sp³-hybridized carbons (Fsp3) is 0.333. The van der Waals surface area contributed by atoms with E-state index >= 15 is 0 Å². The van der Waals surface area contributed by atoms with Crippen LogP contribution in [-0.4, -0.2) is 43.3 Å². The van der Waals surface area contributed by atoms with Crippen molar-refractivity contribution in [2.45, 2.75) is 63.3 Å². The maximum atomic E-state index is 14.0. The lowest BCUT2D eigenvalue weighted by atomic mass is 10.1. The first-order valence-corrected chi connectivity index (χ1v) is 14.5. The summed E-state index contributed by atoms with van der Waals surface area (Å²) in [5.41, 5.74) is -1.30. The van der Waals surface area contributed by atoms with Gasteiger partial charge in [-0.1, -0.05) is 61.5 Å². The average Bonchev–Trinajstić information content (AvgIpc) is 2.91. The van der Waals surface area contributed by atoms with Crippen LogP contribution in [0.1, 0.15) is 45.2 Å². The number of amides is 2. The molecule has 7 nitrogen and oxygen atoms in total. The fourth-order valence-electron chi connectivity index (χ4n) is 4.24. The lowest BCUT2D eigenvalue weighted by Crippen LogP contribution is -2.55. The summed E-state index contributed by atoms with van der Waals surface area (Å²) in [6, 6.07) is 18.8. The van der Waals surface area contributed by atoms with Gasteiger partial charge in [-0.15, -0.1) is 0 Å². The number of alkyl halides is 3. The summed E-state index contributed by atoms with van der Waals surface area (Å²) in [6.07, 6.45) is -4.52. The normalized spacial score (nSPS) is 12.9. The second kappa shape index (κ2) is 12.8. The van der Waals surface area contributed by atoms with Crippen molar-refractivity contribution in [1.82, 2.24) is 10.2 Å². The second-order valence-corrected chi connectivity index (χ2v) is 12.4. The van der Waals surface area contributed by atoms with Crippen molar-refractivity contribution < 1.29 is 31.2 Å². The summed E-state index contributed by atoms with van der Waals surface area (Å²) in [5.74, 6) is -1.18. The monoisotopic (exact) mass is 589 g/mol. The third-order valence-corrected chi connectivity index (χ3v) is 7.94. The molecule has 0 aromatic heterocycles. The molecule has 11 heteroatoms. The molecule has 0 aliphatic carbocycles. The van der Waals surface area contributed by atoms with Crippen LogP contribution in [0.3, 0.4) is 0 Å². The van der Waals surface area contributed by atoms with Gasteiger partial charge in [-0.25, -0.2) is 8.42 Å². The number of benzene rings is 3. The van der Waals surface area contributed by atoms with Gasteiger partial charge in [0.25, 0.3) is 10.0 Å². The van der Waals surface area contributed by atoms with E-state index in [1.165, 1.54) is 35.2 Å². The smallest absolute Gasteiger partial charge is 0.350 e. The Bertz CT molecular complexity index is 1440. The highest BCUT2D eigenvalue weighted by molar-refractivity contribution is 7.92. The highest BCUT2D eigenvalue weighted by atomic mass is 32.2. The van der Waals surface area contributed by atoms with Crippen LogP contribution in [0.2, 0.25) is 0 Å². The zero-order chi connectivity index (χ0) is 30.4. The molecule has 3 aromatic carbocycles. The topological polar surface area (TPSA) is 86.8 Å². The Kier molecular flexibility index (Phi) is 9.85. The molecule has 1 atom stereocenters. The Morgan fingerprint density at radius 3 is 2.00 bits per heavy atom. The summed E-state index contributed by atoms with van der Waals surface area (Å²) in [6.45, 7) is 6.26. The molecule has 0 spiro atoms. The second-order valence-electron chi connectivity index (χ2n) is 10.5. The van der Waals surface area contributed by atoms with Crippen molar-refractivity contribution in [3.63, 3.8) is 0 Å². The van der Waals surface area contributed by atoms with Crippen LogP contribution >= 0.6 is 0 Å². The fourth-order valence-corrected chi connectivity index (χ4v) is 5.67. The van der Waals surface area contributed by atoms with Crippen LogP contribution in [0.15, 0.2) is 89.8 Å². The number of sulfonamides is 1. The molecule has 2 amide bonds. The molecule has 0 bridgehead atoms. The van der Waals surface area contributed by atoms with Gasteiger partial charge in [0.05, 0.1) is 16.1 Å². The van der Waals surface area contributed by atoms with E-state index in [4.69, 9.17) is 0 Å². The van der Waals surface area contributed by atoms with Gasteiger partial charge < -0.3 is 10.2 Å². The molecule has 0 heterocycles. The van der Waals surface area contributed by atoms with Crippen molar-refractivity contribution in [2.24, 2.45) is 0 Å². The number of carbonyl (C=O) groups excluding carboxylic acids is 2. The van der Waals surface area contributed by atoms with Crippen LogP contribution in [-0.2, 0) is 32.3 Å². The first-order valence-electron chi connectivity index (χ1n) is 13.0. The standard InChI is InChI=1S/C30H34F3N3O4S/c1-5-26(28(38)34-29(2,3)4)35(20-22-13-8-6-9-14-22)27(37)21-36(41(39,40)25-17-10-7-11-18-25)24-16-12-15-23(19-24)30(31,32)33/h6-19,26H,5,20-21H2,1-4H3,(H,34,38)/t26-/m0/s1. The van der Waals surface area contributed by atoms with E-state index in [-0.39, 0.29) is 23.5 Å². The van der Waals surface area contributed by atoms with Gasteiger partial charge in [-0.2, -0.15) is 13.2 Å². The lowest BCUT2D eigenvalue weighted by Gasteiger charge is -2.34. The van der Waals surface area contributed by atoms with Crippen LogP contribution in [0.5, 0.6) is 0 Å². The van der Waals surface area contributed by atoms with Gasteiger partial charge in [0, 0.05) is 12.1 Å². The third-order valence-electron chi connectivity index (χ3n) is 6.15. The van der Waals surface area contributed by atoms with E-state index in [9.17, 15) is 31.2 Å². The van der Waals surface area contributed by atoms with Crippen molar-refractivity contribution in [3.05, 3.63) is 96.1 Å². The third kappa shape index (κ3) is 8.32. The molecular formula is C30H34F3N3O4S. The molecule has 0 aliphatic heterocycles. The van der Waals surface area contributed by atoms with Crippen LogP contribution in [0.4, 0.5) is 18.9 Å². The quantitative estimate of drug-likeness (QED) is 0.333. The number of hydrogen-bond donors (Lipinski definition) is 1. The SMILES string of the molecule is CC[C@@H](C(=O)NC(C)(C)C)N(Cc1ccccc1)C(=O)CN(c1cccc(C(F)(F)F)c1)S(=O)(=O)c1ccccc1. The Balaban J connectivity index is 2.11. The van der Waals surface area contributed by atoms with Gasteiger partial charge in [0.2, 0.25) is 11.8 Å². The Labute approximate surface area is 239 Å². The van der Waals surface area contributed by atoms with Crippen molar-refractivity contribution >= 4 is 27.5 Å². The van der Waals surface area contributed by atoms with Gasteiger partial charge in [0.1, 0.15) is 12.6 Å². The van der Waals surface area contributed by atoms with Crippen molar-refractivity contribution in [2.75, 3.05) is 10.8 Å². The molecule has 0 radical (unpaired) electrons. The van der Waals surface area contributed by atoms with Crippen LogP contribution < -0.4 is 9.62 Å². The predicted octanol–water partition coefficient (Wildman–Crippen LogP) is 5.62. The molecule has 1 N–H and O–H groups in total. The summed E-state index contributed by atoms with van der Waals surface area (Å²) in [7, 11) is -4.48. The molecule has 3 aromatic rings. The molecular weight excluding hydrogens is 555 g/mol. The van der Waals surface area contributed by atoms with Gasteiger partial charge in [-0.05, 0) is 63.1 Å². The zero-order valence-electron chi connectivity index (χ0n) is 23.4. The maximum Gasteiger partial charge on any atom is 0.416 e. The van der Waals surface area contributed by atoms with Crippen molar-refractivity contribution in [1.29, 1.82) is 0 Å². The predicted molar refractivity (Wildman–Crippen MR) is 151 cm³/mol. The van der Waals surface area contributed by atoms with Crippen LogP contribution in [0, 0.1) is 0 Å². The molecule has 0 fully saturated rings. The van der Waals surface area contributed by atoms with E-state index < -0.39 is 51.7 Å². The maximum absolute atomic E-state index is 14.0. The number of nitrogens with zero attached hydrogens (tertiary/aromatic N) is 2. The summed E-state index contributed by atoms with van der Waals surface area (Å²) >= 11 is 0. The number of anilines is 1. The zero-order valence-corrected chi connectivity index (χ0v) is 24.2. The molecule has 0 saturated heterocycles. The Morgan fingerprint density at radius 2 is 1.46 bits per heavy atom. The van der Waals surface area contributed by atoms with Gasteiger partial charge in [-0.3, -0.25) is 13.9 Å². The number of nitrogens with one attached hydrogen (secondary N) is 1. The first kappa shape index (κ1) is 31.7. The van der Waals surface area contributed by atoms with E-state index in [0.29, 0.717) is 15.9 Å². The molecule has 0 aliphatic rings. The van der Waals surface area contributed by atoms with E-state index in [1.54, 1.807) is 64.1 Å². The highest BCUT2D eigenvalue weighted by Gasteiger charge is 2.36. The average molecular weight is 590 g/mol. The van der Waals surface area contributed by atoms with Crippen molar-refractivity contribution in [3.8, 4) is 0 Å². The summed E-state index contributed by atoms with van der Waals surface area (Å²) in [5, 5.41) is 2.87. The van der Waals surface area contributed by atoms with E-state index in [0.717, 1.165) is 12.1 Å². The molecule has 0 unspecified atom stereocenters. The van der Waals surface area contributed by atoms with Crippen LogP contribution in [0.25, 0.3) is 0 Å². The van der Waals surface area contributed by atoms with Gasteiger partial charge >= 0.3 is 6.18 Å². The first-order chi connectivity index (χ1) is 19.1. The Morgan fingerprint density at radius 1 is 0.878 bits per heavy atom. The van der Waals surface area contributed by atoms with E-state index in [1.807, 2.05) is 0 Å². The molecule has 220 valence electrons. The van der Waals surface area contributed by atoms with E-state index in [2.05, 4.69) is 5.32 Å². The number of hydrogen-bond acceptors (Lipinski definition) is 4. The minimum Gasteiger partial charge on any atom is -0.350 e. The Hall–Kier alpha value is -3.86. The molecule has 41 heavy (non-hydrogen) atoms. The number of rotatable bonds is 10. The largest absolute Gasteiger partial charge is 0.416 e. The summed E-state index contributed by atoms with van der Waals surface area (Å²) in [4.78, 5) is 28.4. The summed E-state index contributed by atoms with van der Waals surface area (Å²) < 4.78 is 68.9. The minimum atomic E-state index is -4.74. The lowest BCUT2D eigenvalue weighted by molar-refractivity contribution is -0.141. The molecule has 0 saturated carbocycles. The number of halogens is 3. The minimum absolute atomic E-state index is 0.0163. The number of carbonyl (C=O) groups is 2. The van der Waals surface area contributed by atoms with Gasteiger partial charge in [0.15, 0.2) is 0 Å². The highest BCUT2D eigenvalue weighted by Crippen LogP contribution is 2.33.